The minimum Gasteiger partial charge on any atom is -0.278 e. The van der Waals surface area contributed by atoms with Crippen LogP contribution in [0.5, 0.6) is 0 Å². The van der Waals surface area contributed by atoms with Crippen LogP contribution < -0.4 is 0 Å². The van der Waals surface area contributed by atoms with E-state index in [0.717, 1.165) is 30.0 Å². The molecule has 0 aliphatic heterocycles. The summed E-state index contributed by atoms with van der Waals surface area (Å²) in [7, 11) is 0. The van der Waals surface area contributed by atoms with Gasteiger partial charge >= 0.3 is 0 Å². The molecule has 0 atom stereocenters. The van der Waals surface area contributed by atoms with Crippen LogP contribution in [0.25, 0.3) is 71.7 Å². The number of hydrogen-bond donors (Lipinski definition) is 0. The van der Waals surface area contributed by atoms with Crippen molar-refractivity contribution in [1.82, 2.24) is 14.5 Å². The van der Waals surface area contributed by atoms with Gasteiger partial charge in [-0.3, -0.25) is 4.57 Å². The monoisotopic (exact) mass is 521 g/mol. The van der Waals surface area contributed by atoms with E-state index < -0.39 is 0 Å². The highest BCUT2D eigenvalue weighted by Gasteiger charge is 2.29. The molecule has 3 heteroatoms. The second kappa shape index (κ2) is 7.67. The summed E-state index contributed by atoms with van der Waals surface area (Å²) in [5, 5.41) is 7.71. The van der Waals surface area contributed by atoms with Gasteiger partial charge in [0, 0.05) is 40.9 Å². The van der Waals surface area contributed by atoms with Gasteiger partial charge in [0.15, 0.2) is 0 Å². The van der Waals surface area contributed by atoms with Crippen LogP contribution >= 0.6 is 0 Å². The Bertz CT molecular complexity index is 2420. The molecule has 0 saturated heterocycles. The summed E-state index contributed by atoms with van der Waals surface area (Å²) in [5.74, 6) is 0.736. The second-order valence-electron chi connectivity index (χ2n) is 11.4. The summed E-state index contributed by atoms with van der Waals surface area (Å²) < 4.78 is 2.34. The SMILES string of the molecule is c1ccc2c(c1)Cc1c-2c2ccccc2c2c3ccccc3n(-c3ncc4c(n3)-c3cccc5cccc(c35)C4)c12. The molecule has 2 aliphatic carbocycles. The molecule has 41 heavy (non-hydrogen) atoms. The average molecular weight is 522 g/mol. The number of benzene rings is 6. The predicted octanol–water partition coefficient (Wildman–Crippen LogP) is 9.02. The maximum atomic E-state index is 5.39. The third kappa shape index (κ3) is 2.73. The van der Waals surface area contributed by atoms with E-state index in [9.17, 15) is 0 Å². The minimum absolute atomic E-state index is 0.736. The highest BCUT2D eigenvalue weighted by Crippen LogP contribution is 2.49. The van der Waals surface area contributed by atoms with Gasteiger partial charge in [-0.05, 0) is 55.4 Å². The van der Waals surface area contributed by atoms with Gasteiger partial charge in [0.2, 0.25) is 5.95 Å². The smallest absolute Gasteiger partial charge is 0.235 e. The van der Waals surface area contributed by atoms with E-state index >= 15 is 0 Å². The van der Waals surface area contributed by atoms with Gasteiger partial charge < -0.3 is 0 Å². The van der Waals surface area contributed by atoms with Crippen LogP contribution in [0.4, 0.5) is 0 Å². The van der Waals surface area contributed by atoms with Crippen molar-refractivity contribution in [2.24, 2.45) is 0 Å². The van der Waals surface area contributed by atoms with Gasteiger partial charge in [0.25, 0.3) is 0 Å². The third-order valence-electron chi connectivity index (χ3n) is 9.26. The van der Waals surface area contributed by atoms with Gasteiger partial charge in [-0.15, -0.1) is 0 Å². The van der Waals surface area contributed by atoms with Gasteiger partial charge in [0.1, 0.15) is 0 Å². The Labute approximate surface area is 236 Å². The van der Waals surface area contributed by atoms with E-state index in [2.05, 4.69) is 120 Å². The van der Waals surface area contributed by atoms with Crippen LogP contribution in [-0.4, -0.2) is 14.5 Å². The highest BCUT2D eigenvalue weighted by atomic mass is 15.2. The Hall–Kier alpha value is -5.28. The Morgan fingerprint density at radius 1 is 0.561 bits per heavy atom. The molecular formula is C38H23N3. The molecule has 10 rings (SSSR count). The van der Waals surface area contributed by atoms with Gasteiger partial charge in [-0.25, -0.2) is 9.97 Å². The highest BCUT2D eigenvalue weighted by molar-refractivity contribution is 6.26. The fourth-order valence-electron chi connectivity index (χ4n) is 7.63. The predicted molar refractivity (Wildman–Crippen MR) is 168 cm³/mol. The van der Waals surface area contributed by atoms with Crippen LogP contribution in [0.15, 0.2) is 115 Å². The molecule has 0 N–H and O–H groups in total. The van der Waals surface area contributed by atoms with E-state index in [1.165, 1.54) is 76.8 Å². The van der Waals surface area contributed by atoms with Crippen molar-refractivity contribution in [3.05, 3.63) is 138 Å². The minimum atomic E-state index is 0.736. The van der Waals surface area contributed by atoms with Gasteiger partial charge in [0.05, 0.1) is 16.7 Å². The number of hydrogen-bond acceptors (Lipinski definition) is 2. The number of nitrogens with zero attached hydrogens (tertiary/aromatic N) is 3. The quantitative estimate of drug-likeness (QED) is 0.216. The van der Waals surface area contributed by atoms with E-state index in [1.54, 1.807) is 0 Å². The molecule has 2 heterocycles. The Morgan fingerprint density at radius 3 is 2.22 bits per heavy atom. The Morgan fingerprint density at radius 2 is 1.29 bits per heavy atom. The summed E-state index contributed by atoms with van der Waals surface area (Å²) in [6, 6.07) is 39.7. The van der Waals surface area contributed by atoms with Crippen LogP contribution in [0, 0.1) is 0 Å². The summed E-state index contributed by atoms with van der Waals surface area (Å²) in [5.41, 5.74) is 12.6. The molecule has 2 aliphatic rings. The summed E-state index contributed by atoms with van der Waals surface area (Å²) in [6.07, 6.45) is 3.82. The first-order valence-corrected chi connectivity index (χ1v) is 14.3. The molecule has 190 valence electrons. The molecule has 3 nitrogen and oxygen atoms in total. The summed E-state index contributed by atoms with van der Waals surface area (Å²) in [4.78, 5) is 10.5. The number of rotatable bonds is 1. The Balaban J connectivity index is 1.36. The zero-order valence-corrected chi connectivity index (χ0v) is 22.2. The zero-order chi connectivity index (χ0) is 26.7. The molecular weight excluding hydrogens is 498 g/mol. The van der Waals surface area contributed by atoms with Crippen molar-refractivity contribution in [3.63, 3.8) is 0 Å². The van der Waals surface area contributed by atoms with E-state index in [4.69, 9.17) is 9.97 Å². The molecule has 8 aromatic rings. The summed E-state index contributed by atoms with van der Waals surface area (Å²) >= 11 is 0. The van der Waals surface area contributed by atoms with E-state index in [0.29, 0.717) is 0 Å². The molecule has 0 saturated carbocycles. The lowest BCUT2D eigenvalue weighted by Gasteiger charge is -2.20. The molecule has 0 amide bonds. The van der Waals surface area contributed by atoms with Crippen molar-refractivity contribution >= 4 is 43.4 Å². The van der Waals surface area contributed by atoms with Crippen molar-refractivity contribution in [2.45, 2.75) is 12.8 Å². The fraction of sp³-hybridized carbons (Fsp3) is 0.0526. The molecule has 0 bridgehead atoms. The number of fused-ring (bicyclic) bond motifs is 12. The van der Waals surface area contributed by atoms with Crippen molar-refractivity contribution in [3.8, 4) is 28.3 Å². The normalized spacial score (nSPS) is 13.2. The standard InChI is InChI=1S/C38H23N3/c1-2-13-26-23(9-1)20-31-34(26)27-14-3-4-15-28(27)35-29-16-5-6-18-32(29)41(37(31)35)38-39-21-25-19-24-12-7-10-22-11-8-17-30(33(22)24)36(25)40-38/h1-18,21H,19-20H2. The summed E-state index contributed by atoms with van der Waals surface area (Å²) in [6.45, 7) is 0. The zero-order valence-electron chi connectivity index (χ0n) is 22.2. The second-order valence-corrected chi connectivity index (χ2v) is 11.4. The van der Waals surface area contributed by atoms with Crippen LogP contribution in [0.3, 0.4) is 0 Å². The van der Waals surface area contributed by atoms with Crippen LogP contribution in [0.2, 0.25) is 0 Å². The lowest BCUT2D eigenvalue weighted by molar-refractivity contribution is 0.962. The molecule has 0 radical (unpaired) electrons. The van der Waals surface area contributed by atoms with Gasteiger partial charge in [-0.2, -0.15) is 0 Å². The maximum Gasteiger partial charge on any atom is 0.235 e. The van der Waals surface area contributed by atoms with Crippen LogP contribution in [-0.2, 0) is 12.8 Å². The van der Waals surface area contributed by atoms with Crippen LogP contribution in [0.1, 0.15) is 22.3 Å². The lowest BCUT2D eigenvalue weighted by Crippen LogP contribution is -2.09. The van der Waals surface area contributed by atoms with E-state index in [-0.39, 0.29) is 0 Å². The fourth-order valence-corrected chi connectivity index (χ4v) is 7.63. The van der Waals surface area contributed by atoms with Gasteiger partial charge in [-0.1, -0.05) is 103 Å². The number of aromatic nitrogens is 3. The Kier molecular flexibility index (Phi) is 4.03. The third-order valence-corrected chi connectivity index (χ3v) is 9.26. The van der Waals surface area contributed by atoms with Crippen molar-refractivity contribution < 1.29 is 0 Å². The molecule has 0 fully saturated rings. The first-order valence-electron chi connectivity index (χ1n) is 14.3. The average Bonchev–Trinajstić information content (AvgIpc) is 3.58. The molecule has 0 spiro atoms. The largest absolute Gasteiger partial charge is 0.278 e. The lowest BCUT2D eigenvalue weighted by atomic mass is 9.87. The first kappa shape index (κ1) is 21.5. The maximum absolute atomic E-state index is 5.39. The van der Waals surface area contributed by atoms with Crippen molar-refractivity contribution in [1.29, 1.82) is 0 Å². The molecule has 0 unspecified atom stereocenters. The van der Waals surface area contributed by atoms with Crippen molar-refractivity contribution in [2.75, 3.05) is 0 Å². The van der Waals surface area contributed by atoms with E-state index in [1.807, 2.05) is 0 Å². The number of para-hydroxylation sites is 1. The molecule has 6 aromatic carbocycles. The molecule has 2 aromatic heterocycles. The topological polar surface area (TPSA) is 30.7 Å². The first-order chi connectivity index (χ1) is 20.3.